The number of H-pyrrole nitrogens is 1. The van der Waals surface area contributed by atoms with Gasteiger partial charge in [-0.3, -0.25) is 4.79 Å². The van der Waals surface area contributed by atoms with E-state index in [1.54, 1.807) is 25.2 Å². The van der Waals surface area contributed by atoms with Crippen molar-refractivity contribution in [2.45, 2.75) is 76.9 Å². The number of carboxylic acid groups (broad SMARTS) is 1. The van der Waals surface area contributed by atoms with Gasteiger partial charge in [-0.1, -0.05) is 46.8 Å². The van der Waals surface area contributed by atoms with Crippen LogP contribution in [-0.2, 0) is 17.6 Å². The van der Waals surface area contributed by atoms with Crippen molar-refractivity contribution in [3.63, 3.8) is 0 Å². The number of carbonyl (C=O) groups is 1. The Kier molecular flexibility index (Phi) is 6.45. The highest BCUT2D eigenvalue weighted by atomic mass is 32.2. The van der Waals surface area contributed by atoms with E-state index in [-0.39, 0.29) is 4.75 Å². The molecule has 5 heteroatoms. The number of nitrogens with one attached hydrogen (secondary N) is 1. The normalized spacial score (nSPS) is 12.8. The zero-order chi connectivity index (χ0) is 22.3. The van der Waals surface area contributed by atoms with Gasteiger partial charge in [0.1, 0.15) is 0 Å². The van der Waals surface area contributed by atoms with Gasteiger partial charge in [0, 0.05) is 44.0 Å². The van der Waals surface area contributed by atoms with E-state index in [9.17, 15) is 9.90 Å². The van der Waals surface area contributed by atoms with Crippen molar-refractivity contribution in [2.75, 3.05) is 0 Å². The molecule has 3 nitrogen and oxygen atoms in total. The molecule has 2 N–H and O–H groups in total. The lowest BCUT2D eigenvalue weighted by atomic mass is 9.87. The molecule has 0 saturated heterocycles. The van der Waals surface area contributed by atoms with Crippen LogP contribution in [0.15, 0.2) is 34.5 Å². The highest BCUT2D eigenvalue weighted by Gasteiger charge is 2.31. The standard InChI is InChI=1S/C25H33NO2S2/c1-15(2)17-10-11-19-21(18(17)13-16-9-8-12-29-16)22(30-24(3,4)5)20(26-19)14-25(6,7)23(27)28/h8-12,15,26H,13-14H2,1-7H3,(H,27,28). The van der Waals surface area contributed by atoms with Crippen LogP contribution in [0.4, 0.5) is 0 Å². The summed E-state index contributed by atoms with van der Waals surface area (Å²) in [6.45, 7) is 14.8. The van der Waals surface area contributed by atoms with E-state index in [2.05, 4.69) is 69.2 Å². The van der Waals surface area contributed by atoms with Crippen LogP contribution in [-0.4, -0.2) is 20.8 Å². The number of aliphatic carboxylic acids is 1. The van der Waals surface area contributed by atoms with Gasteiger partial charge in [-0.25, -0.2) is 0 Å². The molecule has 2 heterocycles. The predicted octanol–water partition coefficient (Wildman–Crippen LogP) is 7.49. The summed E-state index contributed by atoms with van der Waals surface area (Å²) in [6.07, 6.45) is 1.38. The third-order valence-electron chi connectivity index (χ3n) is 5.29. The van der Waals surface area contributed by atoms with Crippen molar-refractivity contribution in [2.24, 2.45) is 5.41 Å². The van der Waals surface area contributed by atoms with Crippen molar-refractivity contribution >= 4 is 40.0 Å². The Hall–Kier alpha value is -1.72. The number of aromatic amines is 1. The Balaban J connectivity index is 2.28. The maximum atomic E-state index is 11.8. The largest absolute Gasteiger partial charge is 0.481 e. The molecule has 0 aliphatic heterocycles. The minimum Gasteiger partial charge on any atom is -0.481 e. The summed E-state index contributed by atoms with van der Waals surface area (Å²) in [4.78, 5) is 18.0. The third kappa shape index (κ3) is 4.94. The lowest BCUT2D eigenvalue weighted by Gasteiger charge is -2.23. The Bertz CT molecular complexity index is 1040. The second kappa shape index (κ2) is 8.43. The zero-order valence-electron chi connectivity index (χ0n) is 19.1. The maximum Gasteiger partial charge on any atom is 0.309 e. The molecule has 0 bridgehead atoms. The number of thioether (sulfide) groups is 1. The molecule has 162 valence electrons. The maximum absolute atomic E-state index is 11.8. The van der Waals surface area contributed by atoms with E-state index in [0.29, 0.717) is 12.3 Å². The molecule has 0 spiro atoms. The smallest absolute Gasteiger partial charge is 0.309 e. The van der Waals surface area contributed by atoms with E-state index >= 15 is 0 Å². The highest BCUT2D eigenvalue weighted by molar-refractivity contribution is 8.00. The first-order valence-corrected chi connectivity index (χ1v) is 12.2. The van der Waals surface area contributed by atoms with Crippen LogP contribution in [0, 0.1) is 5.41 Å². The fourth-order valence-electron chi connectivity index (χ4n) is 3.78. The number of rotatable bonds is 7. The van der Waals surface area contributed by atoms with Crippen LogP contribution >= 0.6 is 23.1 Å². The van der Waals surface area contributed by atoms with Gasteiger partial charge in [0.15, 0.2) is 0 Å². The van der Waals surface area contributed by atoms with Crippen molar-refractivity contribution in [1.82, 2.24) is 4.98 Å². The number of hydrogen-bond donors (Lipinski definition) is 2. The minimum absolute atomic E-state index is 0.0191. The molecule has 3 aromatic rings. The Labute approximate surface area is 188 Å². The van der Waals surface area contributed by atoms with E-state index in [1.165, 1.54) is 26.3 Å². The molecule has 0 fully saturated rings. The first-order chi connectivity index (χ1) is 13.9. The number of thiophene rings is 1. The molecule has 0 aliphatic rings. The van der Waals surface area contributed by atoms with Crippen molar-refractivity contribution in [3.8, 4) is 0 Å². The average molecular weight is 444 g/mol. The van der Waals surface area contributed by atoms with Crippen LogP contribution < -0.4 is 0 Å². The first-order valence-electron chi connectivity index (χ1n) is 10.5. The van der Waals surface area contributed by atoms with Gasteiger partial charge in [0.2, 0.25) is 0 Å². The molecule has 0 amide bonds. The van der Waals surface area contributed by atoms with Gasteiger partial charge >= 0.3 is 5.97 Å². The highest BCUT2D eigenvalue weighted by Crippen LogP contribution is 2.44. The molecule has 0 unspecified atom stereocenters. The third-order valence-corrected chi connectivity index (χ3v) is 7.44. The second-order valence-corrected chi connectivity index (χ2v) is 12.8. The molecule has 30 heavy (non-hydrogen) atoms. The van der Waals surface area contributed by atoms with Gasteiger partial charge in [0.25, 0.3) is 0 Å². The molecule has 0 atom stereocenters. The van der Waals surface area contributed by atoms with Gasteiger partial charge in [-0.15, -0.1) is 23.1 Å². The summed E-state index contributed by atoms with van der Waals surface area (Å²) in [5.74, 6) is -0.347. The first kappa shape index (κ1) is 23.0. The van der Waals surface area contributed by atoms with Crippen LogP contribution in [0.1, 0.15) is 76.1 Å². The van der Waals surface area contributed by atoms with Crippen molar-refractivity contribution < 1.29 is 9.90 Å². The average Bonchev–Trinajstić information content (AvgIpc) is 3.22. The van der Waals surface area contributed by atoms with E-state index < -0.39 is 11.4 Å². The summed E-state index contributed by atoms with van der Waals surface area (Å²) in [7, 11) is 0. The number of carboxylic acids is 1. The van der Waals surface area contributed by atoms with Gasteiger partial charge in [0.05, 0.1) is 5.41 Å². The van der Waals surface area contributed by atoms with E-state index in [0.717, 1.165) is 17.6 Å². The summed E-state index contributed by atoms with van der Waals surface area (Å²) in [6, 6.07) is 8.72. The van der Waals surface area contributed by atoms with Gasteiger partial charge in [-0.2, -0.15) is 0 Å². The van der Waals surface area contributed by atoms with Gasteiger partial charge < -0.3 is 10.1 Å². The van der Waals surface area contributed by atoms with E-state index in [4.69, 9.17) is 0 Å². The van der Waals surface area contributed by atoms with Crippen molar-refractivity contribution in [1.29, 1.82) is 0 Å². The zero-order valence-corrected chi connectivity index (χ0v) is 20.7. The molecule has 0 saturated carbocycles. The summed E-state index contributed by atoms with van der Waals surface area (Å²) >= 11 is 3.63. The van der Waals surface area contributed by atoms with Crippen molar-refractivity contribution in [3.05, 3.63) is 51.3 Å². The minimum atomic E-state index is -0.830. The monoisotopic (exact) mass is 443 g/mol. The fraction of sp³-hybridized carbons (Fsp3) is 0.480. The van der Waals surface area contributed by atoms with E-state index in [1.807, 2.05) is 11.8 Å². The Morgan fingerprint density at radius 1 is 1.17 bits per heavy atom. The number of hydrogen-bond acceptors (Lipinski definition) is 3. The summed E-state index contributed by atoms with van der Waals surface area (Å²) in [5.41, 5.74) is 4.05. The molecular formula is C25H33NO2S2. The molecule has 0 aliphatic carbocycles. The SMILES string of the molecule is CC(C)c1ccc2[nH]c(CC(C)(C)C(=O)O)c(SC(C)(C)C)c2c1Cc1cccs1. The van der Waals surface area contributed by atoms with Gasteiger partial charge in [-0.05, 0) is 48.4 Å². The number of benzene rings is 1. The topological polar surface area (TPSA) is 53.1 Å². The summed E-state index contributed by atoms with van der Waals surface area (Å²) in [5, 5.41) is 13.1. The lowest BCUT2D eigenvalue weighted by molar-refractivity contribution is -0.146. The number of fused-ring (bicyclic) bond motifs is 1. The predicted molar refractivity (Wildman–Crippen MR) is 130 cm³/mol. The Morgan fingerprint density at radius 2 is 1.87 bits per heavy atom. The van der Waals surface area contributed by atoms with Crippen LogP contribution in [0.5, 0.6) is 0 Å². The molecule has 0 radical (unpaired) electrons. The van der Waals surface area contributed by atoms with Crippen LogP contribution in [0.3, 0.4) is 0 Å². The fourth-order valence-corrected chi connectivity index (χ4v) is 5.69. The quantitative estimate of drug-likeness (QED) is 0.372. The molecular weight excluding hydrogens is 410 g/mol. The van der Waals surface area contributed by atoms with Crippen LogP contribution in [0.25, 0.3) is 10.9 Å². The Morgan fingerprint density at radius 3 is 2.40 bits per heavy atom. The number of aromatic nitrogens is 1. The molecule has 2 aromatic heterocycles. The summed E-state index contributed by atoms with van der Waals surface area (Å²) < 4.78 is 0.0191. The molecule has 3 rings (SSSR count). The molecule has 1 aromatic carbocycles. The lowest BCUT2D eigenvalue weighted by Crippen LogP contribution is -2.26. The van der Waals surface area contributed by atoms with Crippen LogP contribution in [0.2, 0.25) is 0 Å². The second-order valence-electron chi connectivity index (χ2n) is 9.98.